The Kier molecular flexibility index (Phi) is 2.84. The van der Waals surface area contributed by atoms with Gasteiger partial charge in [0.15, 0.2) is 6.20 Å². The number of pyridine rings is 1. The summed E-state index contributed by atoms with van der Waals surface area (Å²) in [5.74, 6) is 0. The lowest BCUT2D eigenvalue weighted by molar-refractivity contribution is -0.620. The van der Waals surface area contributed by atoms with Crippen LogP contribution in [0.4, 0.5) is 17.6 Å². The Balaban J connectivity index is 3.08. The van der Waals surface area contributed by atoms with E-state index in [1.807, 2.05) is 0 Å². The second-order valence-corrected chi connectivity index (χ2v) is 2.94. The number of halogens is 5. The van der Waals surface area contributed by atoms with Crippen molar-refractivity contribution in [1.82, 2.24) is 0 Å². The fraction of sp³-hybridized carbons (Fsp3) is 0.286. The van der Waals surface area contributed by atoms with Crippen LogP contribution in [0.5, 0.6) is 0 Å². The van der Waals surface area contributed by atoms with E-state index in [0.29, 0.717) is 12.3 Å². The number of nitrogens with zero attached hydrogens (tertiary/aromatic N) is 1. The molecular formula is C7H4ClF4NO. The zero-order valence-electron chi connectivity index (χ0n) is 6.55. The van der Waals surface area contributed by atoms with Gasteiger partial charge in [0.05, 0.1) is 0 Å². The van der Waals surface area contributed by atoms with E-state index in [4.69, 9.17) is 11.6 Å². The molecule has 7 heteroatoms. The zero-order valence-corrected chi connectivity index (χ0v) is 7.31. The van der Waals surface area contributed by atoms with Crippen LogP contribution in [0, 0.1) is 5.21 Å². The molecule has 0 bridgehead atoms. The molecule has 0 N–H and O–H groups in total. The van der Waals surface area contributed by atoms with Crippen LogP contribution in [0.2, 0.25) is 5.02 Å². The lowest BCUT2D eigenvalue weighted by Crippen LogP contribution is -2.36. The summed E-state index contributed by atoms with van der Waals surface area (Å²) in [7, 11) is 0. The van der Waals surface area contributed by atoms with Crippen molar-refractivity contribution in [2.45, 2.75) is 12.3 Å². The van der Waals surface area contributed by atoms with Gasteiger partial charge in [-0.3, -0.25) is 0 Å². The molecule has 1 unspecified atom stereocenters. The predicted octanol–water partition coefficient (Wildman–Crippen LogP) is 2.55. The van der Waals surface area contributed by atoms with Crippen molar-refractivity contribution in [2.24, 2.45) is 0 Å². The molecule has 0 amide bonds. The molecule has 0 aromatic carbocycles. The minimum Gasteiger partial charge on any atom is -0.618 e. The first kappa shape index (κ1) is 11.0. The van der Waals surface area contributed by atoms with E-state index in [1.54, 1.807) is 0 Å². The monoisotopic (exact) mass is 229 g/mol. The van der Waals surface area contributed by atoms with E-state index in [9.17, 15) is 22.8 Å². The van der Waals surface area contributed by atoms with E-state index in [0.717, 1.165) is 6.07 Å². The summed E-state index contributed by atoms with van der Waals surface area (Å²) in [6.07, 6.45) is -7.72. The van der Waals surface area contributed by atoms with Crippen molar-refractivity contribution in [2.75, 3.05) is 0 Å². The fourth-order valence-corrected chi connectivity index (χ4v) is 0.984. The van der Waals surface area contributed by atoms with Crippen LogP contribution in [0.25, 0.3) is 0 Å². The minimum absolute atomic E-state index is 0.0573. The quantitative estimate of drug-likeness (QED) is 0.413. The van der Waals surface area contributed by atoms with Crippen LogP contribution in [-0.4, -0.2) is 6.18 Å². The summed E-state index contributed by atoms with van der Waals surface area (Å²) in [6, 6.07) is 1.72. The van der Waals surface area contributed by atoms with Crippen LogP contribution in [0.1, 0.15) is 11.9 Å². The molecular weight excluding hydrogens is 226 g/mol. The van der Waals surface area contributed by atoms with E-state index < -0.39 is 18.0 Å². The highest BCUT2D eigenvalue weighted by Crippen LogP contribution is 2.34. The molecule has 0 radical (unpaired) electrons. The van der Waals surface area contributed by atoms with Gasteiger partial charge in [-0.05, 0) is 6.07 Å². The summed E-state index contributed by atoms with van der Waals surface area (Å²) in [6.45, 7) is 0. The van der Waals surface area contributed by atoms with Crippen LogP contribution in [-0.2, 0) is 0 Å². The van der Waals surface area contributed by atoms with Crippen LogP contribution < -0.4 is 4.73 Å². The highest BCUT2D eigenvalue weighted by atomic mass is 35.5. The van der Waals surface area contributed by atoms with Gasteiger partial charge in [0.2, 0.25) is 5.69 Å². The number of hydrogen-bond donors (Lipinski definition) is 0. The molecule has 2 nitrogen and oxygen atoms in total. The highest BCUT2D eigenvalue weighted by Gasteiger charge is 2.45. The van der Waals surface area contributed by atoms with Gasteiger partial charge in [-0.15, -0.1) is 0 Å². The van der Waals surface area contributed by atoms with Crippen LogP contribution in [0.3, 0.4) is 0 Å². The molecule has 78 valence electrons. The summed E-state index contributed by atoms with van der Waals surface area (Å²) < 4.78 is 48.0. The first-order valence-electron chi connectivity index (χ1n) is 3.42. The molecule has 0 aliphatic carbocycles. The number of rotatable bonds is 1. The Morgan fingerprint density at radius 3 is 2.36 bits per heavy atom. The zero-order chi connectivity index (χ0) is 10.9. The Labute approximate surface area is 81.3 Å². The Hall–Kier alpha value is -1.04. The first-order chi connectivity index (χ1) is 6.32. The fourth-order valence-electron chi connectivity index (χ4n) is 0.832. The molecule has 0 saturated carbocycles. The lowest BCUT2D eigenvalue weighted by atomic mass is 10.2. The third-order valence-electron chi connectivity index (χ3n) is 1.46. The molecule has 1 aromatic heterocycles. The predicted molar refractivity (Wildman–Crippen MR) is 40.3 cm³/mol. The van der Waals surface area contributed by atoms with E-state index >= 15 is 0 Å². The van der Waals surface area contributed by atoms with Gasteiger partial charge >= 0.3 is 6.18 Å². The average molecular weight is 230 g/mol. The molecule has 0 aliphatic heterocycles. The molecule has 0 saturated heterocycles. The Morgan fingerprint density at radius 2 is 1.93 bits per heavy atom. The maximum absolute atomic E-state index is 12.6. The van der Waals surface area contributed by atoms with Gasteiger partial charge < -0.3 is 5.21 Å². The van der Waals surface area contributed by atoms with Gasteiger partial charge in [0, 0.05) is 6.07 Å². The second kappa shape index (κ2) is 3.61. The molecule has 14 heavy (non-hydrogen) atoms. The second-order valence-electron chi connectivity index (χ2n) is 2.50. The SMILES string of the molecule is [O-][n+]1cc(Cl)ccc1C(F)C(F)(F)F. The number of aromatic nitrogens is 1. The third kappa shape index (κ3) is 2.25. The van der Waals surface area contributed by atoms with Gasteiger partial charge in [0.1, 0.15) is 5.02 Å². The molecule has 0 fully saturated rings. The lowest BCUT2D eigenvalue weighted by Gasteiger charge is -2.11. The van der Waals surface area contributed by atoms with Crippen LogP contribution in [0.15, 0.2) is 18.3 Å². The Morgan fingerprint density at radius 1 is 1.36 bits per heavy atom. The summed E-state index contributed by atoms with van der Waals surface area (Å²) in [5.41, 5.74) is -1.03. The molecule has 1 rings (SSSR count). The van der Waals surface area contributed by atoms with E-state index in [2.05, 4.69) is 0 Å². The van der Waals surface area contributed by atoms with Crippen molar-refractivity contribution in [1.29, 1.82) is 0 Å². The first-order valence-corrected chi connectivity index (χ1v) is 3.79. The maximum Gasteiger partial charge on any atom is 0.430 e. The van der Waals surface area contributed by atoms with E-state index in [-0.39, 0.29) is 9.75 Å². The number of hydrogen-bond acceptors (Lipinski definition) is 1. The largest absolute Gasteiger partial charge is 0.618 e. The summed E-state index contributed by atoms with van der Waals surface area (Å²) >= 11 is 5.31. The maximum atomic E-state index is 12.6. The standard InChI is InChI=1S/C7H4ClF4NO/c8-4-1-2-5(13(14)3-4)6(9)7(10,11)12/h1-3,6H. The topological polar surface area (TPSA) is 26.9 Å². The van der Waals surface area contributed by atoms with Crippen molar-refractivity contribution in [3.63, 3.8) is 0 Å². The Bertz CT molecular complexity index is 341. The molecule has 1 atom stereocenters. The van der Waals surface area contributed by atoms with Gasteiger partial charge in [-0.1, -0.05) is 11.6 Å². The number of alkyl halides is 4. The molecule has 0 spiro atoms. The summed E-state index contributed by atoms with van der Waals surface area (Å²) in [5, 5.41) is 10.8. The van der Waals surface area contributed by atoms with Crippen molar-refractivity contribution in [3.8, 4) is 0 Å². The van der Waals surface area contributed by atoms with Crippen LogP contribution >= 0.6 is 11.6 Å². The minimum atomic E-state index is -5.08. The molecule has 1 aromatic rings. The van der Waals surface area contributed by atoms with Crippen molar-refractivity contribution in [3.05, 3.63) is 34.3 Å². The van der Waals surface area contributed by atoms with Gasteiger partial charge in [0.25, 0.3) is 6.17 Å². The normalized spacial score (nSPS) is 14.1. The van der Waals surface area contributed by atoms with E-state index in [1.165, 1.54) is 0 Å². The average Bonchev–Trinajstić information content (AvgIpc) is 2.01. The van der Waals surface area contributed by atoms with Gasteiger partial charge in [-0.2, -0.15) is 17.9 Å². The van der Waals surface area contributed by atoms with Crippen molar-refractivity contribution >= 4 is 11.6 Å². The van der Waals surface area contributed by atoms with Gasteiger partial charge in [-0.25, -0.2) is 4.39 Å². The third-order valence-corrected chi connectivity index (χ3v) is 1.68. The van der Waals surface area contributed by atoms with Crippen molar-refractivity contribution < 1.29 is 22.3 Å². The summed E-state index contributed by atoms with van der Waals surface area (Å²) in [4.78, 5) is 0. The highest BCUT2D eigenvalue weighted by molar-refractivity contribution is 6.30. The molecule has 0 aliphatic rings. The smallest absolute Gasteiger partial charge is 0.430 e. The molecule has 1 heterocycles.